The van der Waals surface area contributed by atoms with E-state index < -0.39 is 89.2 Å². The highest BCUT2D eigenvalue weighted by molar-refractivity contribution is 6.31. The molecule has 3 aliphatic rings. The van der Waals surface area contributed by atoms with Crippen molar-refractivity contribution >= 4 is 29.8 Å². The summed E-state index contributed by atoms with van der Waals surface area (Å²) in [4.78, 5) is 39.7. The number of carbonyl (C=O) groups is 3. The Morgan fingerprint density at radius 1 is 1.12 bits per heavy atom. The Morgan fingerprint density at radius 2 is 1.80 bits per heavy atom. The Morgan fingerprint density at radius 3 is 2.42 bits per heavy atom. The van der Waals surface area contributed by atoms with Crippen molar-refractivity contribution in [2.75, 3.05) is 13.7 Å². The zero-order valence-corrected chi connectivity index (χ0v) is 22.5. The first-order valence-corrected chi connectivity index (χ1v) is 12.4. The number of fused-ring (bicyclic) bond motifs is 3. The number of phenols is 2. The van der Waals surface area contributed by atoms with E-state index in [4.69, 9.17) is 19.9 Å². The first kappa shape index (κ1) is 29.9. The lowest BCUT2D eigenvalue weighted by Gasteiger charge is -2.43. The van der Waals surface area contributed by atoms with Gasteiger partial charge in [0.05, 0.1) is 36.0 Å². The Hall–Kier alpha value is -3.10. The van der Waals surface area contributed by atoms with Gasteiger partial charge in [-0.2, -0.15) is 0 Å². The van der Waals surface area contributed by atoms with Gasteiger partial charge in [-0.15, -0.1) is 12.4 Å². The quantitative estimate of drug-likeness (QED) is 0.183. The molecule has 0 aromatic heterocycles. The molecule has 2 aromatic carbocycles. The molecule has 5 atom stereocenters. The van der Waals surface area contributed by atoms with Gasteiger partial charge in [0, 0.05) is 36.0 Å². The summed E-state index contributed by atoms with van der Waals surface area (Å²) in [5.41, 5.74) is 0.602. The van der Waals surface area contributed by atoms with Crippen LogP contribution in [0.3, 0.4) is 0 Å². The molecule has 1 aliphatic heterocycles. The monoisotopic (exact) mass is 579 g/mol. The van der Waals surface area contributed by atoms with Crippen LogP contribution in [0.2, 0.25) is 0 Å². The molecule has 1 fully saturated rings. The number of carbonyl (C=O) groups excluding carboxylic acids is 3. The zero-order chi connectivity index (χ0) is 28.4. The number of Topliss-reactive ketones (excluding diaryl/α,β-unsaturated/α-hetero) is 1. The molecule has 12 nitrogen and oxygen atoms in total. The fourth-order valence-corrected chi connectivity index (χ4v) is 5.64. The van der Waals surface area contributed by atoms with Crippen LogP contribution in [0, 0.1) is 0 Å². The topological polar surface area (TPSA) is 206 Å². The number of rotatable bonds is 5. The summed E-state index contributed by atoms with van der Waals surface area (Å²) in [7, 11) is 1.32. The number of benzene rings is 2. The van der Waals surface area contributed by atoms with E-state index in [1.54, 1.807) is 0 Å². The number of ether oxygens (including phenoxy) is 3. The molecule has 0 bridgehead atoms. The third-order valence-corrected chi connectivity index (χ3v) is 7.90. The van der Waals surface area contributed by atoms with Crippen molar-refractivity contribution in [3.63, 3.8) is 0 Å². The third-order valence-electron chi connectivity index (χ3n) is 7.90. The minimum absolute atomic E-state index is 0. The van der Waals surface area contributed by atoms with E-state index >= 15 is 0 Å². The number of aromatic hydroxyl groups is 2. The fraction of sp³-hybridized carbons (Fsp3) is 0.444. The van der Waals surface area contributed by atoms with Crippen molar-refractivity contribution in [2.24, 2.45) is 5.73 Å². The molecular weight excluding hydrogens is 550 g/mol. The lowest BCUT2D eigenvalue weighted by molar-refractivity contribution is -0.266. The van der Waals surface area contributed by atoms with Crippen LogP contribution in [0.25, 0.3) is 0 Å². The van der Waals surface area contributed by atoms with Crippen molar-refractivity contribution in [2.45, 2.75) is 62.4 Å². The lowest BCUT2D eigenvalue weighted by Crippen LogP contribution is -2.56. The van der Waals surface area contributed by atoms with Gasteiger partial charge in [0.15, 0.2) is 17.9 Å². The third kappa shape index (κ3) is 4.45. The maximum Gasteiger partial charge on any atom is 0.202 e. The predicted octanol–water partition coefficient (Wildman–Crippen LogP) is 0.772. The van der Waals surface area contributed by atoms with E-state index in [9.17, 15) is 39.9 Å². The zero-order valence-electron chi connectivity index (χ0n) is 21.7. The second-order valence-electron chi connectivity index (χ2n) is 10.2. The van der Waals surface area contributed by atoms with E-state index in [-0.39, 0.29) is 53.3 Å². The number of aliphatic hydroxyl groups is 3. The largest absolute Gasteiger partial charge is 0.507 e. The van der Waals surface area contributed by atoms with Gasteiger partial charge in [0.2, 0.25) is 5.78 Å². The second-order valence-corrected chi connectivity index (χ2v) is 10.2. The molecule has 1 saturated heterocycles. The van der Waals surface area contributed by atoms with Crippen LogP contribution in [0.1, 0.15) is 75.3 Å². The molecule has 13 heteroatoms. The Balaban J connectivity index is 0.00000370. The van der Waals surface area contributed by atoms with Gasteiger partial charge in [-0.05, 0) is 19.4 Å². The molecule has 2 aromatic rings. The van der Waals surface area contributed by atoms with Crippen LogP contribution in [0.15, 0.2) is 18.2 Å². The molecule has 0 amide bonds. The van der Waals surface area contributed by atoms with Crippen LogP contribution in [0.5, 0.6) is 17.2 Å². The lowest BCUT2D eigenvalue weighted by atomic mass is 9.72. The molecule has 1 heterocycles. The Kier molecular flexibility index (Phi) is 7.75. The van der Waals surface area contributed by atoms with E-state index in [0.717, 1.165) is 0 Å². The van der Waals surface area contributed by atoms with Crippen molar-refractivity contribution in [1.82, 2.24) is 0 Å². The predicted molar refractivity (Wildman–Crippen MR) is 139 cm³/mol. The smallest absolute Gasteiger partial charge is 0.202 e. The number of nitrogens with two attached hydrogens (primary N) is 1. The van der Waals surface area contributed by atoms with E-state index in [1.807, 2.05) is 0 Å². The maximum absolute atomic E-state index is 13.6. The fourth-order valence-electron chi connectivity index (χ4n) is 5.64. The number of methoxy groups -OCH3 is 1. The van der Waals surface area contributed by atoms with E-state index in [0.29, 0.717) is 0 Å². The molecule has 0 radical (unpaired) electrons. The number of hydrogen-bond acceptors (Lipinski definition) is 12. The van der Waals surface area contributed by atoms with Crippen LogP contribution in [-0.2, 0) is 20.7 Å². The van der Waals surface area contributed by atoms with Crippen molar-refractivity contribution in [1.29, 1.82) is 0 Å². The molecule has 0 saturated carbocycles. The molecule has 3 unspecified atom stereocenters. The van der Waals surface area contributed by atoms with Gasteiger partial charge in [0.25, 0.3) is 0 Å². The van der Waals surface area contributed by atoms with Gasteiger partial charge < -0.3 is 45.5 Å². The highest BCUT2D eigenvalue weighted by Gasteiger charge is 2.50. The summed E-state index contributed by atoms with van der Waals surface area (Å²) >= 11 is 0. The summed E-state index contributed by atoms with van der Waals surface area (Å²) in [5.74, 6) is -3.75. The van der Waals surface area contributed by atoms with Crippen LogP contribution in [-0.4, -0.2) is 80.3 Å². The SMILES string of the molecule is COc1cccc2c1C(=O)c1c(O)c3c(c(O)c1C2=O)C[C@@](O)(C(=O)CO)C[C@@H]3OC1CCC(N)(O)C(C)O1.Cl. The number of aliphatic hydroxyl groups excluding tert-OH is 1. The van der Waals surface area contributed by atoms with Gasteiger partial charge in [-0.1, -0.05) is 12.1 Å². The summed E-state index contributed by atoms with van der Waals surface area (Å²) in [6.07, 6.45) is -4.03. The number of hydrogen-bond donors (Lipinski definition) is 6. The minimum atomic E-state index is -2.23. The van der Waals surface area contributed by atoms with Gasteiger partial charge >= 0.3 is 0 Å². The second kappa shape index (κ2) is 10.4. The van der Waals surface area contributed by atoms with Crippen molar-refractivity contribution < 1.29 is 54.1 Å². The molecule has 2 aliphatic carbocycles. The molecule has 216 valence electrons. The van der Waals surface area contributed by atoms with E-state index in [2.05, 4.69) is 0 Å². The molecule has 5 rings (SSSR count). The highest BCUT2D eigenvalue weighted by atomic mass is 35.5. The number of phenolic OH excluding ortho intramolecular Hbond substituents is 2. The normalized spacial score (nSPS) is 29.1. The summed E-state index contributed by atoms with van der Waals surface area (Å²) in [6, 6.07) is 4.37. The van der Waals surface area contributed by atoms with Crippen molar-refractivity contribution in [3.8, 4) is 17.2 Å². The average molecular weight is 580 g/mol. The van der Waals surface area contributed by atoms with Gasteiger partial charge in [-0.25, -0.2) is 0 Å². The highest BCUT2D eigenvalue weighted by Crippen LogP contribution is 2.52. The molecule has 40 heavy (non-hydrogen) atoms. The van der Waals surface area contributed by atoms with E-state index in [1.165, 1.54) is 32.2 Å². The average Bonchev–Trinajstić information content (AvgIpc) is 2.90. The molecule has 7 N–H and O–H groups in total. The summed E-state index contributed by atoms with van der Waals surface area (Å²) in [5, 5.41) is 53.8. The Bertz CT molecular complexity index is 1410. The van der Waals surface area contributed by atoms with Gasteiger partial charge in [-0.3, -0.25) is 14.4 Å². The molecule has 0 spiro atoms. The molecular formula is C27H30ClNO11. The van der Waals surface area contributed by atoms with Crippen LogP contribution >= 0.6 is 12.4 Å². The summed E-state index contributed by atoms with van der Waals surface area (Å²) in [6.45, 7) is 0.517. The van der Waals surface area contributed by atoms with Crippen LogP contribution in [0.4, 0.5) is 0 Å². The Labute approximate surface area is 234 Å². The van der Waals surface area contributed by atoms with Crippen molar-refractivity contribution in [3.05, 3.63) is 51.6 Å². The number of halogens is 1. The first-order chi connectivity index (χ1) is 18.3. The maximum atomic E-state index is 13.6. The standard InChI is InChI=1S/C27H29NO11.ClH/c1-11-27(28,36)7-6-17(38-11)39-15-9-26(35,16(30)10-29)8-13-19(15)25(34)21-20(23(13)32)22(31)12-4-3-5-14(37-2)18(12)24(21)33;/h3-5,11,15,17,29,32,34-36H,6-10,28H2,1-2H3;1H/t11?,15-,17?,26-,27?;/m0./s1. The number of ketones is 3. The first-order valence-electron chi connectivity index (χ1n) is 12.4. The minimum Gasteiger partial charge on any atom is -0.507 e. The summed E-state index contributed by atoms with van der Waals surface area (Å²) < 4.78 is 17.0. The van der Waals surface area contributed by atoms with Crippen LogP contribution < -0.4 is 10.5 Å². The van der Waals surface area contributed by atoms with Gasteiger partial charge in [0.1, 0.15) is 35.2 Å².